The van der Waals surface area contributed by atoms with Crippen molar-refractivity contribution in [1.29, 1.82) is 0 Å². The molecule has 1 unspecified atom stereocenters. The van der Waals surface area contributed by atoms with E-state index in [1.165, 1.54) is 24.3 Å². The highest BCUT2D eigenvalue weighted by Crippen LogP contribution is 2.18. The van der Waals surface area contributed by atoms with Gasteiger partial charge in [-0.1, -0.05) is 12.1 Å². The number of carbonyl (C=O) groups is 2. The first-order chi connectivity index (χ1) is 12.3. The van der Waals surface area contributed by atoms with E-state index in [0.717, 1.165) is 17.2 Å². The van der Waals surface area contributed by atoms with Gasteiger partial charge in [-0.05, 0) is 60.9 Å². The fourth-order valence-corrected chi connectivity index (χ4v) is 2.53. The average molecular weight is 373 g/mol. The topological polar surface area (TPSA) is 119 Å². The second kappa shape index (κ2) is 8.41. The number of amides is 1. The predicted octanol–water partition coefficient (Wildman–Crippen LogP) is 2.36. The summed E-state index contributed by atoms with van der Waals surface area (Å²) in [4.78, 5) is 23.5. The van der Waals surface area contributed by atoms with Crippen molar-refractivity contribution in [3.05, 3.63) is 70.8 Å². The van der Waals surface area contributed by atoms with Gasteiger partial charge >= 0.3 is 5.97 Å². The molecule has 0 bridgehead atoms. The molecule has 8 heteroatoms. The molecule has 0 radical (unpaired) electrons. The van der Waals surface area contributed by atoms with Gasteiger partial charge in [0.1, 0.15) is 0 Å². The Labute approximate surface area is 153 Å². The van der Waals surface area contributed by atoms with E-state index in [0.29, 0.717) is 11.3 Å². The maximum atomic E-state index is 12.4. The van der Waals surface area contributed by atoms with Crippen LogP contribution in [0.5, 0.6) is 0 Å². The SMILES string of the molecule is Cc1ccc(/C(=C/C(=O)O)NC(=O)c2ccc(NS(=O)[O-])cc2)cc1C. The molecule has 136 valence electrons. The van der Waals surface area contributed by atoms with Gasteiger partial charge in [0.25, 0.3) is 5.91 Å². The van der Waals surface area contributed by atoms with Crippen LogP contribution < -0.4 is 10.0 Å². The molecule has 26 heavy (non-hydrogen) atoms. The highest BCUT2D eigenvalue weighted by molar-refractivity contribution is 7.80. The highest BCUT2D eigenvalue weighted by Gasteiger charge is 2.12. The molecule has 0 aliphatic carbocycles. The minimum absolute atomic E-state index is 0.161. The second-order valence-corrected chi connectivity index (χ2v) is 6.24. The van der Waals surface area contributed by atoms with Crippen LogP contribution in [-0.2, 0) is 16.1 Å². The summed E-state index contributed by atoms with van der Waals surface area (Å²) in [5, 5.41) is 11.7. The lowest BCUT2D eigenvalue weighted by Crippen LogP contribution is -2.22. The van der Waals surface area contributed by atoms with E-state index in [-0.39, 0.29) is 11.3 Å². The Morgan fingerprint density at radius 1 is 1.04 bits per heavy atom. The Morgan fingerprint density at radius 3 is 2.19 bits per heavy atom. The molecule has 0 heterocycles. The number of hydrogen-bond donors (Lipinski definition) is 3. The molecule has 0 fully saturated rings. The number of benzene rings is 2. The van der Waals surface area contributed by atoms with Crippen LogP contribution in [-0.4, -0.2) is 25.7 Å². The Balaban J connectivity index is 2.25. The van der Waals surface area contributed by atoms with E-state index >= 15 is 0 Å². The monoisotopic (exact) mass is 373 g/mol. The molecule has 1 atom stereocenters. The molecule has 0 aliphatic heterocycles. The van der Waals surface area contributed by atoms with Crippen molar-refractivity contribution >= 4 is 34.5 Å². The van der Waals surface area contributed by atoms with Gasteiger partial charge in [-0.3, -0.25) is 9.00 Å². The molecule has 2 aromatic rings. The number of carbonyl (C=O) groups excluding carboxylic acids is 1. The average Bonchev–Trinajstić information content (AvgIpc) is 2.56. The highest BCUT2D eigenvalue weighted by atomic mass is 32.2. The van der Waals surface area contributed by atoms with Crippen molar-refractivity contribution in [2.45, 2.75) is 13.8 Å². The smallest absolute Gasteiger partial charge is 0.330 e. The first-order valence-electron chi connectivity index (χ1n) is 7.56. The summed E-state index contributed by atoms with van der Waals surface area (Å²) in [6, 6.07) is 11.1. The molecular formula is C18H17N2O5S-. The van der Waals surface area contributed by atoms with Crippen LogP contribution in [0.25, 0.3) is 5.70 Å². The zero-order valence-corrected chi connectivity index (χ0v) is 14.9. The molecule has 0 aliphatic rings. The summed E-state index contributed by atoms with van der Waals surface area (Å²) in [5.74, 6) is -1.69. The number of carboxylic acid groups (broad SMARTS) is 1. The van der Waals surface area contributed by atoms with E-state index in [4.69, 9.17) is 5.11 Å². The Bertz CT molecular complexity index is 891. The van der Waals surface area contributed by atoms with E-state index in [2.05, 4.69) is 10.0 Å². The minimum Gasteiger partial charge on any atom is -0.755 e. The normalized spacial score (nSPS) is 12.3. The largest absolute Gasteiger partial charge is 0.755 e. The molecule has 0 aromatic heterocycles. The van der Waals surface area contributed by atoms with Crippen molar-refractivity contribution in [2.75, 3.05) is 4.72 Å². The molecule has 0 saturated heterocycles. The lowest BCUT2D eigenvalue weighted by Gasteiger charge is -2.12. The number of aryl methyl sites for hydroxylation is 2. The number of aliphatic carboxylic acids is 1. The van der Waals surface area contributed by atoms with Gasteiger partial charge in [-0.25, -0.2) is 4.79 Å². The fourth-order valence-electron chi connectivity index (χ4n) is 2.20. The second-order valence-electron chi connectivity index (χ2n) is 5.56. The van der Waals surface area contributed by atoms with Gasteiger partial charge in [0.15, 0.2) is 0 Å². The lowest BCUT2D eigenvalue weighted by atomic mass is 10.0. The summed E-state index contributed by atoms with van der Waals surface area (Å²) in [6.45, 7) is 3.83. The number of carboxylic acids is 1. The van der Waals surface area contributed by atoms with Crippen LogP contribution in [0.3, 0.4) is 0 Å². The maximum absolute atomic E-state index is 12.4. The Morgan fingerprint density at radius 2 is 1.65 bits per heavy atom. The third-order valence-corrected chi connectivity index (χ3v) is 4.08. The quantitative estimate of drug-likeness (QED) is 0.531. The number of rotatable bonds is 6. The Hall–Kier alpha value is -2.97. The molecule has 1 amide bonds. The molecular weight excluding hydrogens is 356 g/mol. The van der Waals surface area contributed by atoms with Gasteiger partial charge in [0, 0.05) is 28.6 Å². The van der Waals surface area contributed by atoms with Crippen LogP contribution in [0.1, 0.15) is 27.0 Å². The summed E-state index contributed by atoms with van der Waals surface area (Å²) in [6.07, 6.45) is 0.929. The van der Waals surface area contributed by atoms with E-state index in [1.54, 1.807) is 12.1 Å². The van der Waals surface area contributed by atoms with Crippen LogP contribution in [0.2, 0.25) is 0 Å². The van der Waals surface area contributed by atoms with E-state index in [1.807, 2.05) is 19.9 Å². The summed E-state index contributed by atoms with van der Waals surface area (Å²) < 4.78 is 23.4. The molecule has 0 saturated carbocycles. The van der Waals surface area contributed by atoms with Crippen LogP contribution in [0.15, 0.2) is 48.5 Å². The van der Waals surface area contributed by atoms with Gasteiger partial charge in [-0.15, -0.1) is 0 Å². The zero-order chi connectivity index (χ0) is 19.3. The zero-order valence-electron chi connectivity index (χ0n) is 14.1. The third kappa shape index (κ3) is 5.27. The van der Waals surface area contributed by atoms with Crippen LogP contribution in [0.4, 0.5) is 5.69 Å². The molecule has 2 rings (SSSR count). The van der Waals surface area contributed by atoms with Crippen molar-refractivity contribution in [3.8, 4) is 0 Å². The van der Waals surface area contributed by atoms with Crippen LogP contribution >= 0.6 is 0 Å². The van der Waals surface area contributed by atoms with Gasteiger partial charge in [0.2, 0.25) is 0 Å². The van der Waals surface area contributed by atoms with E-state index in [9.17, 15) is 18.4 Å². The maximum Gasteiger partial charge on any atom is 0.330 e. The minimum atomic E-state index is -2.45. The lowest BCUT2D eigenvalue weighted by molar-refractivity contribution is -0.131. The van der Waals surface area contributed by atoms with Crippen molar-refractivity contribution in [2.24, 2.45) is 0 Å². The Kier molecular flexibility index (Phi) is 6.26. The van der Waals surface area contributed by atoms with E-state index < -0.39 is 23.1 Å². The number of anilines is 1. The van der Waals surface area contributed by atoms with Crippen molar-refractivity contribution in [3.63, 3.8) is 0 Å². The molecule has 2 aromatic carbocycles. The summed E-state index contributed by atoms with van der Waals surface area (Å²) in [5.41, 5.74) is 3.32. The number of hydrogen-bond acceptors (Lipinski definition) is 4. The predicted molar refractivity (Wildman–Crippen MR) is 98.0 cm³/mol. The van der Waals surface area contributed by atoms with Crippen molar-refractivity contribution in [1.82, 2.24) is 5.32 Å². The summed E-state index contributed by atoms with van der Waals surface area (Å²) >= 11 is -2.45. The summed E-state index contributed by atoms with van der Waals surface area (Å²) in [7, 11) is 0. The van der Waals surface area contributed by atoms with Crippen LogP contribution in [0, 0.1) is 13.8 Å². The molecule has 7 nitrogen and oxygen atoms in total. The first kappa shape index (κ1) is 19.4. The molecule has 3 N–H and O–H groups in total. The van der Waals surface area contributed by atoms with Gasteiger partial charge in [-0.2, -0.15) is 0 Å². The third-order valence-electron chi connectivity index (χ3n) is 3.68. The fraction of sp³-hybridized carbons (Fsp3) is 0.111. The van der Waals surface area contributed by atoms with Crippen molar-refractivity contribution < 1.29 is 23.5 Å². The molecule has 0 spiro atoms. The van der Waals surface area contributed by atoms with Gasteiger partial charge in [0.05, 0.1) is 5.70 Å². The van der Waals surface area contributed by atoms with Gasteiger partial charge < -0.3 is 19.7 Å². The standard InChI is InChI=1S/C18H18N2O5S/c1-11-3-4-14(9-12(11)2)16(10-17(21)22)19-18(23)13-5-7-15(8-6-13)20-26(24)25/h3-10,20H,1-2H3,(H,19,23)(H,21,22)(H,24,25)/p-1/b16-10-. The number of nitrogens with one attached hydrogen (secondary N) is 2. The first-order valence-corrected chi connectivity index (χ1v) is 8.63.